The van der Waals surface area contributed by atoms with Gasteiger partial charge in [0.1, 0.15) is 10.7 Å². The fraction of sp³-hybridized carbons (Fsp3) is 0. The third-order valence-electron chi connectivity index (χ3n) is 2.52. The molecule has 4 nitrogen and oxygen atoms in total. The van der Waals surface area contributed by atoms with Crippen molar-refractivity contribution in [1.82, 2.24) is 0 Å². The molecule has 21 heavy (non-hydrogen) atoms. The van der Waals surface area contributed by atoms with E-state index in [0.717, 1.165) is 12.1 Å². The van der Waals surface area contributed by atoms with E-state index in [1.165, 1.54) is 24.3 Å². The summed E-state index contributed by atoms with van der Waals surface area (Å²) in [5, 5.41) is 8.79. The van der Waals surface area contributed by atoms with E-state index in [-0.39, 0.29) is 21.2 Å². The number of benzene rings is 2. The molecule has 0 saturated carbocycles. The Bertz CT molecular complexity index is 850. The van der Waals surface area contributed by atoms with Gasteiger partial charge < -0.3 is 0 Å². The fourth-order valence-electron chi connectivity index (χ4n) is 1.55. The van der Waals surface area contributed by atoms with Gasteiger partial charge in [-0.2, -0.15) is 5.26 Å². The van der Waals surface area contributed by atoms with E-state index >= 15 is 0 Å². The number of nitrogens with one attached hydrogen (secondary N) is 1. The van der Waals surface area contributed by atoms with Crippen molar-refractivity contribution in [2.24, 2.45) is 0 Å². The molecule has 0 saturated heterocycles. The van der Waals surface area contributed by atoms with Gasteiger partial charge >= 0.3 is 0 Å². The van der Waals surface area contributed by atoms with Gasteiger partial charge in [0.2, 0.25) is 0 Å². The van der Waals surface area contributed by atoms with Gasteiger partial charge in [-0.1, -0.05) is 11.6 Å². The quantitative estimate of drug-likeness (QED) is 0.865. The van der Waals surface area contributed by atoms with E-state index in [2.05, 4.69) is 20.7 Å². The molecule has 0 radical (unpaired) electrons. The van der Waals surface area contributed by atoms with E-state index in [1.54, 1.807) is 0 Å². The molecule has 0 fully saturated rings. The maximum atomic E-state index is 13.2. The second-order valence-corrected chi connectivity index (χ2v) is 6.90. The van der Waals surface area contributed by atoms with Crippen LogP contribution in [0, 0.1) is 17.1 Å². The van der Waals surface area contributed by atoms with Gasteiger partial charge in [-0.15, -0.1) is 0 Å². The highest BCUT2D eigenvalue weighted by Crippen LogP contribution is 2.28. The van der Waals surface area contributed by atoms with E-state index < -0.39 is 15.8 Å². The monoisotopic (exact) mass is 388 g/mol. The molecule has 0 bridgehead atoms. The summed E-state index contributed by atoms with van der Waals surface area (Å²) in [6, 6.07) is 9.29. The molecule has 0 unspecified atom stereocenters. The number of nitrogens with zero attached hydrogens (tertiary/aromatic N) is 1. The number of halogens is 3. The van der Waals surface area contributed by atoms with Crippen LogP contribution < -0.4 is 4.72 Å². The first-order valence-electron chi connectivity index (χ1n) is 5.51. The first kappa shape index (κ1) is 15.8. The summed E-state index contributed by atoms with van der Waals surface area (Å²) in [5.74, 6) is -0.590. The zero-order chi connectivity index (χ0) is 15.6. The molecule has 8 heteroatoms. The summed E-state index contributed by atoms with van der Waals surface area (Å²) >= 11 is 8.98. The smallest absolute Gasteiger partial charge is 0.263 e. The Labute approximate surface area is 134 Å². The lowest BCUT2D eigenvalue weighted by molar-refractivity contribution is 0.601. The maximum absolute atomic E-state index is 13.2. The zero-order valence-electron chi connectivity index (χ0n) is 10.3. The number of nitriles is 1. The molecule has 0 atom stereocenters. The van der Waals surface area contributed by atoms with Crippen LogP contribution in [-0.4, -0.2) is 8.42 Å². The van der Waals surface area contributed by atoms with Crippen LogP contribution in [0.25, 0.3) is 0 Å². The van der Waals surface area contributed by atoms with Gasteiger partial charge in [-0.05, 0) is 52.3 Å². The Morgan fingerprint density at radius 3 is 2.62 bits per heavy atom. The molecule has 108 valence electrons. The predicted octanol–water partition coefficient (Wildman–Crippen LogP) is 3.91. The van der Waals surface area contributed by atoms with Crippen molar-refractivity contribution in [2.75, 3.05) is 4.72 Å². The second-order valence-electron chi connectivity index (χ2n) is 3.99. The minimum Gasteiger partial charge on any atom is -0.278 e. The van der Waals surface area contributed by atoms with E-state index in [0.29, 0.717) is 4.47 Å². The summed E-state index contributed by atoms with van der Waals surface area (Å²) in [6.07, 6.45) is 0. The molecular weight excluding hydrogens is 383 g/mol. The second kappa shape index (κ2) is 6.02. The minimum atomic E-state index is -4.05. The van der Waals surface area contributed by atoms with Gasteiger partial charge in [-0.25, -0.2) is 12.8 Å². The van der Waals surface area contributed by atoms with Crippen molar-refractivity contribution in [3.8, 4) is 6.07 Å². The fourth-order valence-corrected chi connectivity index (χ4v) is 3.63. The highest BCUT2D eigenvalue weighted by Gasteiger charge is 2.20. The summed E-state index contributed by atoms with van der Waals surface area (Å²) in [7, 11) is -4.05. The molecule has 1 N–H and O–H groups in total. The number of hydrogen-bond donors (Lipinski definition) is 1. The SMILES string of the molecule is N#Cc1ccc(Cl)c(S(=O)(=O)Nc2cc(F)ccc2Br)c1. The molecule has 0 aromatic heterocycles. The Hall–Kier alpha value is -1.62. The Kier molecular flexibility index (Phi) is 4.52. The van der Waals surface area contributed by atoms with Crippen molar-refractivity contribution in [2.45, 2.75) is 4.90 Å². The van der Waals surface area contributed by atoms with Gasteiger partial charge in [0.25, 0.3) is 10.0 Å². The van der Waals surface area contributed by atoms with Crippen LogP contribution in [0.3, 0.4) is 0 Å². The standard InChI is InChI=1S/C13H7BrClFN2O2S/c14-10-3-2-9(16)6-12(10)18-21(19,20)13-5-8(7-17)1-4-11(13)15/h1-6,18H. The Balaban J connectivity index is 2.48. The lowest BCUT2D eigenvalue weighted by atomic mass is 10.2. The highest BCUT2D eigenvalue weighted by molar-refractivity contribution is 9.10. The van der Waals surface area contributed by atoms with Crippen molar-refractivity contribution in [1.29, 1.82) is 5.26 Å². The summed E-state index contributed by atoms with van der Waals surface area (Å²) in [4.78, 5) is -0.251. The third kappa shape index (κ3) is 3.53. The van der Waals surface area contributed by atoms with Crippen molar-refractivity contribution in [3.05, 3.63) is 57.3 Å². The average molecular weight is 390 g/mol. The highest BCUT2D eigenvalue weighted by atomic mass is 79.9. The lowest BCUT2D eigenvalue weighted by Gasteiger charge is -2.11. The van der Waals surface area contributed by atoms with Crippen molar-refractivity contribution >= 4 is 43.2 Å². The van der Waals surface area contributed by atoms with Crippen LogP contribution in [-0.2, 0) is 10.0 Å². The summed E-state index contributed by atoms with van der Waals surface area (Å²) in [5.41, 5.74) is 0.187. The summed E-state index contributed by atoms with van der Waals surface area (Å²) < 4.78 is 40.4. The van der Waals surface area contributed by atoms with Crippen molar-refractivity contribution in [3.63, 3.8) is 0 Å². The normalized spacial score (nSPS) is 11.0. The molecule has 0 amide bonds. The zero-order valence-corrected chi connectivity index (χ0v) is 13.4. The van der Waals surface area contributed by atoms with Gasteiger partial charge in [0, 0.05) is 4.47 Å². The molecule has 2 rings (SSSR count). The molecule has 0 aliphatic rings. The van der Waals surface area contributed by atoms with Gasteiger partial charge in [0.05, 0.1) is 22.3 Å². The van der Waals surface area contributed by atoms with E-state index in [4.69, 9.17) is 16.9 Å². The number of sulfonamides is 1. The molecular formula is C13H7BrClFN2O2S. The molecule has 0 spiro atoms. The Morgan fingerprint density at radius 2 is 1.95 bits per heavy atom. The maximum Gasteiger partial charge on any atom is 0.263 e. The van der Waals surface area contributed by atoms with Gasteiger partial charge in [-0.3, -0.25) is 4.72 Å². The number of rotatable bonds is 3. The lowest BCUT2D eigenvalue weighted by Crippen LogP contribution is -2.14. The summed E-state index contributed by atoms with van der Waals surface area (Å²) in [6.45, 7) is 0. The van der Waals surface area contributed by atoms with Crippen LogP contribution in [0.4, 0.5) is 10.1 Å². The topological polar surface area (TPSA) is 70.0 Å². The van der Waals surface area contributed by atoms with Crippen LogP contribution in [0.5, 0.6) is 0 Å². The number of anilines is 1. The minimum absolute atomic E-state index is 0.0333. The largest absolute Gasteiger partial charge is 0.278 e. The molecule has 0 aliphatic heterocycles. The van der Waals surface area contributed by atoms with Crippen LogP contribution in [0.15, 0.2) is 45.8 Å². The predicted molar refractivity (Wildman–Crippen MR) is 81.1 cm³/mol. The van der Waals surface area contributed by atoms with E-state index in [1.807, 2.05) is 6.07 Å². The van der Waals surface area contributed by atoms with E-state index in [9.17, 15) is 12.8 Å². The molecule has 0 heterocycles. The molecule has 2 aromatic carbocycles. The third-order valence-corrected chi connectivity index (χ3v) is 5.06. The van der Waals surface area contributed by atoms with Gasteiger partial charge in [0.15, 0.2) is 0 Å². The molecule has 2 aromatic rings. The molecule has 0 aliphatic carbocycles. The Morgan fingerprint density at radius 1 is 1.24 bits per heavy atom. The average Bonchev–Trinajstić information content (AvgIpc) is 2.43. The number of hydrogen-bond acceptors (Lipinski definition) is 3. The van der Waals surface area contributed by atoms with Crippen molar-refractivity contribution < 1.29 is 12.8 Å². The van der Waals surface area contributed by atoms with Crippen LogP contribution in [0.1, 0.15) is 5.56 Å². The van der Waals surface area contributed by atoms with Crippen LogP contribution >= 0.6 is 27.5 Å². The van der Waals surface area contributed by atoms with Crippen LogP contribution in [0.2, 0.25) is 5.02 Å². The first-order chi connectivity index (χ1) is 9.83. The first-order valence-corrected chi connectivity index (χ1v) is 8.16.